The maximum Gasteiger partial charge on any atom is 0.0730 e. The Hall–Kier alpha value is -6.36. The topological polar surface area (TPSA) is 19.4 Å². The highest BCUT2D eigenvalue weighted by Gasteiger charge is 2.39. The van der Waals surface area contributed by atoms with E-state index in [1.807, 2.05) is 11.8 Å². The highest BCUT2D eigenvalue weighted by atomic mass is 32.2. The number of thioether (sulfide) groups is 1. The predicted octanol–water partition coefficient (Wildman–Crippen LogP) is 14.1. The van der Waals surface area contributed by atoms with E-state index in [4.69, 9.17) is 4.98 Å². The van der Waals surface area contributed by atoms with Crippen molar-refractivity contribution in [2.75, 3.05) is 22.1 Å². The lowest BCUT2D eigenvalue weighted by molar-refractivity contribution is 0.660. The van der Waals surface area contributed by atoms with Crippen molar-refractivity contribution in [3.05, 3.63) is 199 Å². The largest absolute Gasteiger partial charge is 0.340 e. The molecule has 2 aliphatic rings. The molecule has 270 valence electrons. The Labute approximate surface area is 334 Å². The van der Waals surface area contributed by atoms with E-state index in [-0.39, 0.29) is 5.41 Å². The van der Waals surface area contributed by atoms with Crippen molar-refractivity contribution < 1.29 is 0 Å². The lowest BCUT2D eigenvalue weighted by Crippen LogP contribution is -2.24. The van der Waals surface area contributed by atoms with Gasteiger partial charge in [-0.05, 0) is 70.8 Å². The summed E-state index contributed by atoms with van der Waals surface area (Å²) < 4.78 is 0. The number of fused-ring (bicyclic) bond motifs is 4. The first kappa shape index (κ1) is 34.2. The molecule has 10 rings (SSSR count). The van der Waals surface area contributed by atoms with E-state index in [1.165, 1.54) is 49.7 Å². The van der Waals surface area contributed by atoms with Crippen molar-refractivity contribution >= 4 is 40.2 Å². The molecule has 0 saturated heterocycles. The van der Waals surface area contributed by atoms with Gasteiger partial charge in [0, 0.05) is 56.2 Å². The van der Waals surface area contributed by atoms with Gasteiger partial charge in [0.25, 0.3) is 0 Å². The van der Waals surface area contributed by atoms with Crippen molar-refractivity contribution in [3.63, 3.8) is 0 Å². The average Bonchev–Trinajstić information content (AvgIpc) is 3.50. The molecular weight excluding hydrogens is 699 g/mol. The van der Waals surface area contributed by atoms with Gasteiger partial charge in [-0.1, -0.05) is 153 Å². The summed E-state index contributed by atoms with van der Waals surface area (Å²) in [5.41, 5.74) is 17.5. The number of hydrogen-bond acceptors (Lipinski definition) is 4. The summed E-state index contributed by atoms with van der Waals surface area (Å²) in [6.45, 7) is 5.71. The van der Waals surface area contributed by atoms with Gasteiger partial charge in [0.2, 0.25) is 0 Å². The first-order valence-corrected chi connectivity index (χ1v) is 20.4. The molecule has 0 unspecified atom stereocenters. The first-order valence-electron chi connectivity index (χ1n) is 19.4. The fourth-order valence-electron chi connectivity index (χ4n) is 8.73. The smallest absolute Gasteiger partial charge is 0.0730 e. The Morgan fingerprint density at radius 2 is 1.12 bits per heavy atom. The van der Waals surface area contributed by atoms with Crippen LogP contribution in [0.15, 0.2) is 193 Å². The van der Waals surface area contributed by atoms with Crippen LogP contribution in [-0.2, 0) is 5.41 Å². The van der Waals surface area contributed by atoms with E-state index in [0.717, 1.165) is 51.9 Å². The van der Waals surface area contributed by atoms with E-state index in [9.17, 15) is 0 Å². The van der Waals surface area contributed by atoms with Crippen LogP contribution in [0.2, 0.25) is 0 Å². The number of rotatable bonds is 7. The van der Waals surface area contributed by atoms with Crippen molar-refractivity contribution in [2.45, 2.75) is 24.2 Å². The lowest BCUT2D eigenvalue weighted by Gasteiger charge is -2.34. The molecule has 7 aromatic carbocycles. The molecule has 0 amide bonds. The minimum Gasteiger partial charge on any atom is -0.340 e. The number of anilines is 5. The van der Waals surface area contributed by atoms with Crippen LogP contribution in [0.4, 0.5) is 28.4 Å². The van der Waals surface area contributed by atoms with Gasteiger partial charge >= 0.3 is 0 Å². The third-order valence-corrected chi connectivity index (χ3v) is 12.5. The van der Waals surface area contributed by atoms with E-state index < -0.39 is 0 Å². The van der Waals surface area contributed by atoms with Crippen LogP contribution in [0, 0.1) is 0 Å². The van der Waals surface area contributed by atoms with Crippen LogP contribution in [0.1, 0.15) is 25.0 Å². The Morgan fingerprint density at radius 3 is 1.80 bits per heavy atom. The Bertz CT molecular complexity index is 2630. The van der Waals surface area contributed by atoms with E-state index in [0.29, 0.717) is 0 Å². The minimum atomic E-state index is -0.160. The number of benzene rings is 7. The molecule has 0 saturated carbocycles. The Kier molecular flexibility index (Phi) is 8.57. The van der Waals surface area contributed by atoms with Crippen LogP contribution >= 0.6 is 11.8 Å². The maximum absolute atomic E-state index is 5.29. The van der Waals surface area contributed by atoms with Crippen LogP contribution in [0.3, 0.4) is 0 Å². The van der Waals surface area contributed by atoms with E-state index >= 15 is 0 Å². The quantitative estimate of drug-likeness (QED) is 0.162. The molecule has 8 aromatic rings. The van der Waals surface area contributed by atoms with Gasteiger partial charge in [-0.15, -0.1) is 11.8 Å². The van der Waals surface area contributed by atoms with Crippen LogP contribution < -0.4 is 9.80 Å². The maximum atomic E-state index is 5.29. The normalized spacial score (nSPS) is 13.8. The molecule has 3 nitrogen and oxygen atoms in total. The lowest BCUT2D eigenvalue weighted by atomic mass is 9.81. The summed E-state index contributed by atoms with van der Waals surface area (Å²) in [5, 5.41) is 0. The summed E-state index contributed by atoms with van der Waals surface area (Å²) >= 11 is 1.98. The third-order valence-electron chi connectivity index (χ3n) is 11.4. The number of hydrogen-bond donors (Lipinski definition) is 0. The molecule has 0 fully saturated rings. The fraction of sp³-hybridized carbons (Fsp3) is 0.0962. The molecule has 0 spiro atoms. The number of aromatic nitrogens is 1. The molecule has 0 N–H and O–H groups in total. The Morgan fingerprint density at radius 1 is 0.536 bits per heavy atom. The highest BCUT2D eigenvalue weighted by molar-refractivity contribution is 7.99. The van der Waals surface area contributed by atoms with Gasteiger partial charge < -0.3 is 9.80 Å². The molecule has 56 heavy (non-hydrogen) atoms. The van der Waals surface area contributed by atoms with Crippen molar-refractivity contribution in [2.24, 2.45) is 0 Å². The highest BCUT2D eigenvalue weighted by Crippen LogP contribution is 2.58. The third kappa shape index (κ3) is 5.80. The second-order valence-corrected chi connectivity index (χ2v) is 16.1. The van der Waals surface area contributed by atoms with Gasteiger partial charge in [0.15, 0.2) is 0 Å². The molecule has 4 heteroatoms. The van der Waals surface area contributed by atoms with Gasteiger partial charge in [-0.2, -0.15) is 0 Å². The zero-order valence-corrected chi connectivity index (χ0v) is 32.4. The molecule has 0 bridgehead atoms. The van der Waals surface area contributed by atoms with Gasteiger partial charge in [0.1, 0.15) is 0 Å². The number of pyridine rings is 1. The number of nitrogens with zero attached hydrogens (tertiary/aromatic N) is 3. The molecule has 0 radical (unpaired) electrons. The van der Waals surface area contributed by atoms with E-state index in [2.05, 4.69) is 212 Å². The summed E-state index contributed by atoms with van der Waals surface area (Å²) in [6.07, 6.45) is 0. The molecule has 0 atom stereocenters. The summed E-state index contributed by atoms with van der Waals surface area (Å²) in [6, 6.07) is 68.0. The summed E-state index contributed by atoms with van der Waals surface area (Å²) in [4.78, 5) is 11.6. The standard InChI is InChI=1S/C52H41N3S/c1-52(2)43-28-16-15-26-41(43)49-44(52)30-31-47(50(49)42-27-17-29-48-51(42)56-33-32-54(48)38-22-11-5-12-23-38)55(39-24-13-6-14-25-39)40-34-45(36-18-7-3-8-19-36)53-46(35-40)37-20-9-4-10-21-37/h3-31,34-35H,32-33H2,1-2H3. The molecule has 1 aromatic heterocycles. The van der Waals surface area contributed by atoms with Crippen LogP contribution in [0.25, 0.3) is 44.8 Å². The molecule has 1 aliphatic carbocycles. The van der Waals surface area contributed by atoms with Crippen molar-refractivity contribution in [1.82, 2.24) is 4.98 Å². The molecule has 2 heterocycles. The Balaban J connectivity index is 1.29. The summed E-state index contributed by atoms with van der Waals surface area (Å²) in [5.74, 6) is 0.999. The number of para-hydroxylation sites is 2. The van der Waals surface area contributed by atoms with Crippen LogP contribution in [0.5, 0.6) is 0 Å². The molecular formula is C52H41N3S. The monoisotopic (exact) mass is 739 g/mol. The first-order chi connectivity index (χ1) is 27.6. The van der Waals surface area contributed by atoms with Gasteiger partial charge in [-0.25, -0.2) is 4.98 Å². The second kappa shape index (κ2) is 14.1. The van der Waals surface area contributed by atoms with Crippen molar-refractivity contribution in [3.8, 4) is 44.8 Å². The van der Waals surface area contributed by atoms with Gasteiger partial charge in [0.05, 0.1) is 28.5 Å². The second-order valence-electron chi connectivity index (χ2n) is 15.0. The SMILES string of the molecule is CC1(C)c2ccccc2-c2c1ccc(N(c1ccccc1)c1cc(-c3ccccc3)nc(-c3ccccc3)c1)c2-c1cccc2c1SCCN2c1ccccc1. The van der Waals surface area contributed by atoms with Crippen LogP contribution in [-0.4, -0.2) is 17.3 Å². The predicted molar refractivity (Wildman–Crippen MR) is 237 cm³/mol. The van der Waals surface area contributed by atoms with E-state index in [1.54, 1.807) is 0 Å². The zero-order valence-electron chi connectivity index (χ0n) is 31.6. The van der Waals surface area contributed by atoms with Crippen molar-refractivity contribution in [1.29, 1.82) is 0 Å². The summed E-state index contributed by atoms with van der Waals surface area (Å²) in [7, 11) is 0. The molecule has 1 aliphatic heterocycles. The minimum absolute atomic E-state index is 0.160. The van der Waals surface area contributed by atoms with Gasteiger partial charge in [-0.3, -0.25) is 0 Å². The fourth-order valence-corrected chi connectivity index (χ4v) is 9.86. The zero-order chi connectivity index (χ0) is 37.6. The average molecular weight is 740 g/mol.